The van der Waals surface area contributed by atoms with E-state index in [1.807, 2.05) is 6.26 Å². The van der Waals surface area contributed by atoms with Crippen LogP contribution in [0.15, 0.2) is 15.8 Å². The van der Waals surface area contributed by atoms with Crippen LogP contribution in [0.4, 0.5) is 10.2 Å². The number of nitrogens with zero attached hydrogens (tertiary/aromatic N) is 3. The van der Waals surface area contributed by atoms with Crippen molar-refractivity contribution in [3.8, 4) is 0 Å². The summed E-state index contributed by atoms with van der Waals surface area (Å²) in [5.41, 5.74) is 0. The summed E-state index contributed by atoms with van der Waals surface area (Å²) in [6.45, 7) is 1.45. The largest absolute Gasteiger partial charge is 0.355 e. The Balaban J connectivity index is 2.20. The van der Waals surface area contributed by atoms with Crippen molar-refractivity contribution in [1.29, 1.82) is 0 Å². The van der Waals surface area contributed by atoms with E-state index in [9.17, 15) is 4.39 Å². The van der Waals surface area contributed by atoms with E-state index in [4.69, 9.17) is 0 Å². The van der Waals surface area contributed by atoms with Gasteiger partial charge in [0.05, 0.1) is 11.1 Å². The van der Waals surface area contributed by atoms with Crippen molar-refractivity contribution in [3.63, 3.8) is 0 Å². The van der Waals surface area contributed by atoms with E-state index in [0.717, 1.165) is 41.4 Å². The Morgan fingerprint density at radius 1 is 1.65 bits per heavy atom. The maximum absolute atomic E-state index is 12.7. The Bertz CT molecular complexity index is 391. The fraction of sp³-hybridized carbons (Fsp3) is 0.636. The molecule has 17 heavy (non-hydrogen) atoms. The van der Waals surface area contributed by atoms with E-state index >= 15 is 0 Å². The minimum atomic E-state index is -0.241. The van der Waals surface area contributed by atoms with Gasteiger partial charge in [-0.25, -0.2) is 9.97 Å². The number of thioether (sulfide) groups is 1. The van der Waals surface area contributed by atoms with E-state index in [-0.39, 0.29) is 12.6 Å². The predicted molar refractivity (Wildman–Crippen MR) is 72.4 cm³/mol. The molecule has 1 aliphatic rings. The van der Waals surface area contributed by atoms with E-state index in [1.54, 1.807) is 6.20 Å². The number of halogens is 2. The Morgan fingerprint density at radius 3 is 3.18 bits per heavy atom. The number of hydrogen-bond donors (Lipinski definition) is 0. The zero-order valence-electron chi connectivity index (χ0n) is 9.70. The number of alkyl halides is 1. The van der Waals surface area contributed by atoms with Crippen LogP contribution in [0.3, 0.4) is 0 Å². The van der Waals surface area contributed by atoms with Gasteiger partial charge in [0, 0.05) is 25.2 Å². The van der Waals surface area contributed by atoms with Crippen molar-refractivity contribution < 1.29 is 4.39 Å². The van der Waals surface area contributed by atoms with Crippen LogP contribution in [-0.4, -0.2) is 36.0 Å². The lowest BCUT2D eigenvalue weighted by molar-refractivity contribution is 0.315. The summed E-state index contributed by atoms with van der Waals surface area (Å²) in [6, 6.07) is 0. The van der Waals surface area contributed by atoms with Crippen LogP contribution in [-0.2, 0) is 0 Å². The minimum Gasteiger partial charge on any atom is -0.355 e. The number of rotatable bonds is 3. The van der Waals surface area contributed by atoms with Gasteiger partial charge in [-0.05, 0) is 35.0 Å². The third-order valence-corrected chi connectivity index (χ3v) is 4.04. The quantitative estimate of drug-likeness (QED) is 0.632. The molecule has 0 spiro atoms. The summed E-state index contributed by atoms with van der Waals surface area (Å²) in [5, 5.41) is 0.755. The molecule has 0 radical (unpaired) electrons. The summed E-state index contributed by atoms with van der Waals surface area (Å²) in [6.07, 6.45) is 5.73. The van der Waals surface area contributed by atoms with Gasteiger partial charge in [-0.2, -0.15) is 0 Å². The molecule has 0 aliphatic carbocycles. The molecular weight excluding hydrogens is 305 g/mol. The molecule has 0 bridgehead atoms. The smallest absolute Gasteiger partial charge is 0.189 e. The first-order valence-corrected chi connectivity index (χ1v) is 7.63. The van der Waals surface area contributed by atoms with Gasteiger partial charge in [-0.15, -0.1) is 0 Å². The molecule has 1 saturated heterocycles. The van der Waals surface area contributed by atoms with E-state index < -0.39 is 0 Å². The first kappa shape index (κ1) is 13.1. The van der Waals surface area contributed by atoms with Gasteiger partial charge in [0.1, 0.15) is 5.82 Å². The molecule has 1 unspecified atom stereocenters. The zero-order valence-corrected chi connectivity index (χ0v) is 12.1. The van der Waals surface area contributed by atoms with Crippen LogP contribution in [0.1, 0.15) is 12.8 Å². The molecule has 6 heteroatoms. The Hall–Kier alpha value is -0.360. The molecule has 1 atom stereocenters. The van der Waals surface area contributed by atoms with Gasteiger partial charge in [-0.1, -0.05) is 11.8 Å². The highest BCUT2D eigenvalue weighted by Crippen LogP contribution is 2.29. The molecule has 0 aromatic carbocycles. The lowest BCUT2D eigenvalue weighted by Crippen LogP contribution is -2.37. The van der Waals surface area contributed by atoms with E-state index in [0.29, 0.717) is 0 Å². The van der Waals surface area contributed by atoms with Crippen LogP contribution < -0.4 is 4.90 Å². The molecule has 0 N–H and O–H groups in total. The molecule has 1 aromatic heterocycles. The summed E-state index contributed by atoms with van der Waals surface area (Å²) in [5.74, 6) is 1.03. The van der Waals surface area contributed by atoms with Gasteiger partial charge in [0.2, 0.25) is 0 Å². The SMILES string of the molecule is CSc1ncc(Br)c(N2CCCC(CF)C2)n1. The van der Waals surface area contributed by atoms with Gasteiger partial charge in [0.25, 0.3) is 0 Å². The summed E-state index contributed by atoms with van der Waals surface area (Å²) < 4.78 is 13.6. The van der Waals surface area contributed by atoms with Crippen LogP contribution >= 0.6 is 27.7 Å². The fourth-order valence-electron chi connectivity index (χ4n) is 2.05. The average molecular weight is 320 g/mol. The van der Waals surface area contributed by atoms with Crippen LogP contribution in [0, 0.1) is 5.92 Å². The number of piperidine rings is 1. The molecule has 3 nitrogen and oxygen atoms in total. The zero-order chi connectivity index (χ0) is 12.3. The topological polar surface area (TPSA) is 29.0 Å². The standard InChI is InChI=1S/C11H15BrFN3S/c1-17-11-14-6-9(12)10(15-11)16-4-2-3-8(5-13)7-16/h6,8H,2-5,7H2,1H3. The van der Waals surface area contributed by atoms with Crippen molar-refractivity contribution >= 4 is 33.5 Å². The maximum atomic E-state index is 12.7. The van der Waals surface area contributed by atoms with E-state index in [1.165, 1.54) is 11.8 Å². The number of aromatic nitrogens is 2. The molecule has 1 fully saturated rings. The van der Waals surface area contributed by atoms with Crippen LogP contribution in [0.25, 0.3) is 0 Å². The van der Waals surface area contributed by atoms with Gasteiger partial charge in [-0.3, -0.25) is 4.39 Å². The van der Waals surface area contributed by atoms with Gasteiger partial charge in [0.15, 0.2) is 5.16 Å². The summed E-state index contributed by atoms with van der Waals surface area (Å²) in [4.78, 5) is 10.8. The molecule has 2 rings (SSSR count). The van der Waals surface area contributed by atoms with E-state index in [2.05, 4.69) is 30.8 Å². The molecule has 1 aromatic rings. The Labute approximate surface area is 113 Å². The molecule has 1 aliphatic heterocycles. The van der Waals surface area contributed by atoms with Crippen molar-refractivity contribution in [2.45, 2.75) is 18.0 Å². The third kappa shape index (κ3) is 3.10. The molecular formula is C11H15BrFN3S. The van der Waals surface area contributed by atoms with Gasteiger partial charge >= 0.3 is 0 Å². The first-order chi connectivity index (χ1) is 8.24. The second-order valence-corrected chi connectivity index (χ2v) is 5.76. The molecule has 0 amide bonds. The van der Waals surface area contributed by atoms with Crippen LogP contribution in [0.2, 0.25) is 0 Å². The summed E-state index contributed by atoms with van der Waals surface area (Å²) in [7, 11) is 0. The highest BCUT2D eigenvalue weighted by atomic mass is 79.9. The normalized spacial score (nSPS) is 20.6. The predicted octanol–water partition coefficient (Wildman–Crippen LogP) is 3.15. The molecule has 0 saturated carbocycles. The fourth-order valence-corrected chi connectivity index (χ4v) is 2.82. The van der Waals surface area contributed by atoms with Crippen molar-refractivity contribution in [2.75, 3.05) is 30.9 Å². The Morgan fingerprint density at radius 2 is 2.47 bits per heavy atom. The van der Waals surface area contributed by atoms with Crippen LogP contribution in [0.5, 0.6) is 0 Å². The highest BCUT2D eigenvalue weighted by molar-refractivity contribution is 9.10. The first-order valence-electron chi connectivity index (χ1n) is 5.62. The monoisotopic (exact) mass is 319 g/mol. The average Bonchev–Trinajstić information content (AvgIpc) is 2.39. The Kier molecular flexibility index (Phi) is 4.62. The minimum absolute atomic E-state index is 0.142. The molecule has 2 heterocycles. The second-order valence-electron chi connectivity index (χ2n) is 4.14. The lowest BCUT2D eigenvalue weighted by Gasteiger charge is -2.32. The highest BCUT2D eigenvalue weighted by Gasteiger charge is 2.22. The van der Waals surface area contributed by atoms with Crippen molar-refractivity contribution in [2.24, 2.45) is 5.92 Å². The van der Waals surface area contributed by atoms with Crippen molar-refractivity contribution in [1.82, 2.24) is 9.97 Å². The third-order valence-electron chi connectivity index (χ3n) is 2.92. The van der Waals surface area contributed by atoms with Crippen molar-refractivity contribution in [3.05, 3.63) is 10.7 Å². The molecule has 94 valence electrons. The number of anilines is 1. The lowest BCUT2D eigenvalue weighted by atomic mass is 10.00. The van der Waals surface area contributed by atoms with Gasteiger partial charge < -0.3 is 4.90 Å². The maximum Gasteiger partial charge on any atom is 0.189 e. The number of hydrogen-bond acceptors (Lipinski definition) is 4. The second kappa shape index (κ2) is 6.00. The summed E-state index contributed by atoms with van der Waals surface area (Å²) >= 11 is 4.99.